The van der Waals surface area contributed by atoms with Crippen LogP contribution < -0.4 is 24.0 Å². The Bertz CT molecular complexity index is 332. The topological polar surface area (TPSA) is 38.7 Å². The maximum Gasteiger partial charge on any atom is 0.126 e. The molecule has 1 N–H and O–H groups in total. The summed E-state index contributed by atoms with van der Waals surface area (Å²) in [5.41, 5.74) is 0.371. The maximum absolute atomic E-state index is 10.3. The van der Waals surface area contributed by atoms with Gasteiger partial charge >= 0.3 is 0 Å². The number of rotatable bonds is 5. The predicted molar refractivity (Wildman–Crippen MR) is 84.1 cm³/mol. The molecule has 1 aliphatic carbocycles. The normalized spacial score (nSPS) is 32.0. The van der Waals surface area contributed by atoms with Crippen molar-refractivity contribution in [1.82, 2.24) is 0 Å². The Morgan fingerprint density at radius 3 is 2.50 bits per heavy atom. The molecule has 0 bridgehead atoms. The molecule has 1 aliphatic heterocycles. The molecular weight excluding hydrogens is 393 g/mol. The number of aliphatic hydroxyl groups is 1. The van der Waals surface area contributed by atoms with Crippen LogP contribution in [0.3, 0.4) is 0 Å². The van der Waals surface area contributed by atoms with Gasteiger partial charge in [0, 0.05) is 0 Å². The van der Waals surface area contributed by atoms with Crippen molar-refractivity contribution in [3.63, 3.8) is 0 Å². The van der Waals surface area contributed by atoms with Gasteiger partial charge in [-0.05, 0) is 30.6 Å². The molecule has 0 amide bonds. The van der Waals surface area contributed by atoms with Crippen LogP contribution in [-0.2, 0) is 9.47 Å². The van der Waals surface area contributed by atoms with E-state index in [1.807, 2.05) is 0 Å². The Morgan fingerprint density at radius 1 is 1.27 bits per heavy atom. The van der Waals surface area contributed by atoms with E-state index in [0.717, 1.165) is 56.1 Å². The first-order chi connectivity index (χ1) is 9.78. The van der Waals surface area contributed by atoms with Crippen LogP contribution >= 0.6 is 0 Å². The van der Waals surface area contributed by atoms with Crippen LogP contribution in [0.2, 0.25) is 0 Å². The molecule has 0 aromatic heterocycles. The quantitative estimate of drug-likeness (QED) is 0.455. The molecule has 2 aliphatic rings. The van der Waals surface area contributed by atoms with Gasteiger partial charge in [0.2, 0.25) is 0 Å². The molecule has 1 saturated carbocycles. The van der Waals surface area contributed by atoms with Gasteiger partial charge in [0.15, 0.2) is 0 Å². The number of quaternary nitrogens is 1. The van der Waals surface area contributed by atoms with Gasteiger partial charge in [-0.3, -0.25) is 0 Å². The van der Waals surface area contributed by atoms with Crippen molar-refractivity contribution in [1.29, 1.82) is 0 Å². The zero-order valence-electron chi connectivity index (χ0n) is 14.7. The second-order valence-corrected chi connectivity index (χ2v) is 8.38. The van der Waals surface area contributed by atoms with Gasteiger partial charge in [0.05, 0.1) is 33.0 Å². The number of hydrogen-bond donors (Lipinski definition) is 1. The molecular formula is C17H34INO3. The molecule has 1 saturated heterocycles. The minimum Gasteiger partial charge on any atom is -1.00 e. The van der Waals surface area contributed by atoms with Crippen molar-refractivity contribution in [3.8, 4) is 0 Å². The number of hydrogen-bond acceptors (Lipinski definition) is 3. The fourth-order valence-corrected chi connectivity index (χ4v) is 4.16. The van der Waals surface area contributed by atoms with Gasteiger partial charge in [-0.25, -0.2) is 0 Å². The third-order valence-corrected chi connectivity index (χ3v) is 5.07. The van der Waals surface area contributed by atoms with E-state index in [0.29, 0.717) is 18.1 Å². The Balaban J connectivity index is 0.00000242. The van der Waals surface area contributed by atoms with Crippen molar-refractivity contribution in [2.75, 3.05) is 46.5 Å². The molecule has 3 unspecified atom stereocenters. The molecule has 2 fully saturated rings. The average Bonchev–Trinajstić information content (AvgIpc) is 2.34. The highest BCUT2D eigenvalue weighted by Gasteiger charge is 2.33. The number of aliphatic hydroxyl groups excluding tert-OH is 1. The zero-order chi connectivity index (χ0) is 15.5. The fraction of sp³-hybridized carbons (Fsp3) is 1.00. The van der Waals surface area contributed by atoms with E-state index in [9.17, 15) is 5.11 Å². The lowest BCUT2D eigenvalue weighted by Crippen LogP contribution is -3.00. The standard InChI is InChI=1S/C17H34NO3.HI/c1-14-9-16(11-17(2,3)10-14)21-13-15(19)12-18(4)5-7-20-8-6-18;/h14-16,19H,5-13H2,1-4H3;1H/q+1;/p-1. The highest BCUT2D eigenvalue weighted by Crippen LogP contribution is 2.39. The lowest BCUT2D eigenvalue weighted by Gasteiger charge is -2.40. The fourth-order valence-electron chi connectivity index (χ4n) is 4.16. The van der Waals surface area contributed by atoms with Crippen LogP contribution in [0.15, 0.2) is 0 Å². The van der Waals surface area contributed by atoms with Crippen molar-refractivity contribution >= 4 is 0 Å². The summed E-state index contributed by atoms with van der Waals surface area (Å²) in [4.78, 5) is 0. The lowest BCUT2D eigenvalue weighted by molar-refractivity contribution is -0.919. The Hall–Kier alpha value is 0.570. The number of morpholine rings is 1. The summed E-state index contributed by atoms with van der Waals surface area (Å²) in [5, 5.41) is 10.3. The molecule has 5 heteroatoms. The van der Waals surface area contributed by atoms with Crippen LogP contribution in [-0.4, -0.2) is 68.3 Å². The summed E-state index contributed by atoms with van der Waals surface area (Å²) >= 11 is 0. The minimum absolute atomic E-state index is 0. The first-order valence-electron chi connectivity index (χ1n) is 8.49. The van der Waals surface area contributed by atoms with Gasteiger partial charge in [-0.15, -0.1) is 0 Å². The van der Waals surface area contributed by atoms with Gasteiger partial charge in [-0.1, -0.05) is 20.8 Å². The van der Waals surface area contributed by atoms with E-state index in [-0.39, 0.29) is 30.1 Å². The number of halogens is 1. The van der Waals surface area contributed by atoms with Crippen LogP contribution in [0.4, 0.5) is 0 Å². The molecule has 22 heavy (non-hydrogen) atoms. The van der Waals surface area contributed by atoms with Crippen molar-refractivity contribution in [2.24, 2.45) is 11.3 Å². The third kappa shape index (κ3) is 6.59. The van der Waals surface area contributed by atoms with Crippen molar-refractivity contribution in [3.05, 3.63) is 0 Å². The number of ether oxygens (including phenoxy) is 2. The van der Waals surface area contributed by atoms with Gasteiger partial charge in [-0.2, -0.15) is 0 Å². The highest BCUT2D eigenvalue weighted by atomic mass is 127. The first-order valence-corrected chi connectivity index (χ1v) is 8.49. The predicted octanol–water partition coefficient (Wildman–Crippen LogP) is -0.940. The highest BCUT2D eigenvalue weighted by molar-refractivity contribution is 4.83. The van der Waals surface area contributed by atoms with Crippen LogP contribution in [0.1, 0.15) is 40.0 Å². The first kappa shape index (κ1) is 20.6. The summed E-state index contributed by atoms with van der Waals surface area (Å²) < 4.78 is 12.4. The molecule has 4 nitrogen and oxygen atoms in total. The number of nitrogens with zero attached hydrogens (tertiary/aromatic N) is 1. The third-order valence-electron chi connectivity index (χ3n) is 5.07. The van der Waals surface area contributed by atoms with E-state index in [4.69, 9.17) is 9.47 Å². The summed E-state index contributed by atoms with van der Waals surface area (Å²) in [5.74, 6) is 0.722. The van der Waals surface area contributed by atoms with Gasteiger partial charge in [0.1, 0.15) is 25.7 Å². The summed E-state index contributed by atoms with van der Waals surface area (Å²) in [7, 11) is 2.21. The molecule has 1 heterocycles. The van der Waals surface area contributed by atoms with E-state index >= 15 is 0 Å². The molecule has 0 radical (unpaired) electrons. The summed E-state index contributed by atoms with van der Waals surface area (Å²) in [6, 6.07) is 0. The molecule has 2 rings (SSSR count). The summed E-state index contributed by atoms with van der Waals surface area (Å²) in [6.07, 6.45) is 3.48. The smallest absolute Gasteiger partial charge is 0.126 e. The average molecular weight is 427 g/mol. The van der Waals surface area contributed by atoms with Crippen LogP contribution in [0.5, 0.6) is 0 Å². The Morgan fingerprint density at radius 2 is 1.91 bits per heavy atom. The second kappa shape index (κ2) is 8.60. The molecule has 0 spiro atoms. The molecule has 3 atom stereocenters. The van der Waals surface area contributed by atoms with E-state index in [2.05, 4.69) is 27.8 Å². The zero-order valence-corrected chi connectivity index (χ0v) is 16.8. The minimum atomic E-state index is -0.367. The van der Waals surface area contributed by atoms with Crippen LogP contribution in [0.25, 0.3) is 0 Å². The second-order valence-electron chi connectivity index (χ2n) is 8.38. The Kier molecular flexibility index (Phi) is 8.06. The molecule has 0 aromatic rings. The summed E-state index contributed by atoms with van der Waals surface area (Å²) in [6.45, 7) is 11.8. The van der Waals surface area contributed by atoms with Crippen LogP contribution in [0, 0.1) is 11.3 Å². The SMILES string of the molecule is CC1CC(OCC(O)C[N+]2(C)CCOCC2)CC(C)(C)C1.[I-]. The van der Waals surface area contributed by atoms with Gasteiger partial charge in [0.25, 0.3) is 0 Å². The lowest BCUT2D eigenvalue weighted by atomic mass is 9.71. The largest absolute Gasteiger partial charge is 1.00 e. The Labute approximate surface area is 153 Å². The van der Waals surface area contributed by atoms with Gasteiger partial charge < -0.3 is 43.0 Å². The van der Waals surface area contributed by atoms with E-state index in [1.54, 1.807) is 0 Å². The van der Waals surface area contributed by atoms with Crippen molar-refractivity contribution < 1.29 is 43.0 Å². The van der Waals surface area contributed by atoms with E-state index in [1.165, 1.54) is 6.42 Å². The van der Waals surface area contributed by atoms with Crippen molar-refractivity contribution in [2.45, 2.75) is 52.2 Å². The molecule has 0 aromatic carbocycles. The van der Waals surface area contributed by atoms with E-state index < -0.39 is 0 Å². The maximum atomic E-state index is 10.3. The molecule has 132 valence electrons. The monoisotopic (exact) mass is 427 g/mol. The number of likely N-dealkylation sites (N-methyl/N-ethyl adjacent to an activating group) is 1.